The highest BCUT2D eigenvalue weighted by atomic mass is 16.5. The van der Waals surface area contributed by atoms with Crippen LogP contribution in [0.2, 0.25) is 0 Å². The van der Waals surface area contributed by atoms with Gasteiger partial charge in [0.05, 0.1) is 12.7 Å². The molecule has 4 fully saturated rings. The van der Waals surface area contributed by atoms with Crippen LogP contribution in [0.15, 0.2) is 0 Å². The lowest BCUT2D eigenvalue weighted by molar-refractivity contribution is -0.195. The van der Waals surface area contributed by atoms with Crippen LogP contribution in [0.1, 0.15) is 86.0 Å². The standard InChI is InChI=1S/C26H42O4/c1-6-18-22-13-17(28)9-11-26(22,5)21-10-12-25(4)19(15(2)14-30-16(3)27)7-8-20(25)23(21)24(18)29/h15,18-24,29H,6-14H2,1-5H3/t15-,18+,19-,20?,21?,22+,23?,24-,25-,26-/m1/s1. The summed E-state index contributed by atoms with van der Waals surface area (Å²) in [6, 6.07) is 0. The van der Waals surface area contributed by atoms with Crippen LogP contribution in [0.4, 0.5) is 0 Å². The third-order valence-electron chi connectivity index (χ3n) is 10.5. The summed E-state index contributed by atoms with van der Waals surface area (Å²) in [5, 5.41) is 11.7. The number of carbonyl (C=O) groups is 2. The zero-order valence-electron chi connectivity index (χ0n) is 19.7. The van der Waals surface area contributed by atoms with E-state index in [2.05, 4.69) is 27.7 Å². The third kappa shape index (κ3) is 3.27. The summed E-state index contributed by atoms with van der Waals surface area (Å²) >= 11 is 0. The predicted octanol–water partition coefficient (Wildman–Crippen LogP) is 5.02. The number of ketones is 1. The Bertz CT molecular complexity index is 689. The quantitative estimate of drug-likeness (QED) is 0.651. The zero-order chi connectivity index (χ0) is 21.8. The summed E-state index contributed by atoms with van der Waals surface area (Å²) in [7, 11) is 0. The molecule has 0 radical (unpaired) electrons. The molecule has 0 amide bonds. The molecule has 0 aliphatic heterocycles. The van der Waals surface area contributed by atoms with Gasteiger partial charge in [-0.1, -0.05) is 34.1 Å². The molecular weight excluding hydrogens is 376 g/mol. The van der Waals surface area contributed by atoms with Crippen molar-refractivity contribution < 1.29 is 19.4 Å². The van der Waals surface area contributed by atoms with Crippen molar-refractivity contribution in [2.75, 3.05) is 6.61 Å². The van der Waals surface area contributed by atoms with E-state index in [0.29, 0.717) is 54.3 Å². The number of rotatable bonds is 4. The first kappa shape index (κ1) is 22.3. The van der Waals surface area contributed by atoms with Crippen LogP contribution in [0, 0.1) is 52.3 Å². The molecule has 0 spiro atoms. The summed E-state index contributed by atoms with van der Waals surface area (Å²) in [5.74, 6) is 3.16. The minimum absolute atomic E-state index is 0.190. The third-order valence-corrected chi connectivity index (χ3v) is 10.5. The molecule has 1 N–H and O–H groups in total. The Morgan fingerprint density at radius 3 is 2.50 bits per heavy atom. The Morgan fingerprint density at radius 2 is 1.83 bits per heavy atom. The van der Waals surface area contributed by atoms with Gasteiger partial charge in [0.2, 0.25) is 0 Å². The normalized spacial score (nSPS) is 49.0. The Balaban J connectivity index is 1.62. The number of hydrogen-bond donors (Lipinski definition) is 1. The average molecular weight is 419 g/mol. The molecule has 170 valence electrons. The number of Topliss-reactive ketones (excluding diaryl/α,β-unsaturated/α-hetero) is 1. The molecule has 4 heteroatoms. The molecule has 4 saturated carbocycles. The molecule has 10 atom stereocenters. The van der Waals surface area contributed by atoms with Crippen LogP contribution < -0.4 is 0 Å². The summed E-state index contributed by atoms with van der Waals surface area (Å²) in [6.07, 6.45) is 7.83. The fourth-order valence-corrected chi connectivity index (χ4v) is 9.11. The molecule has 4 nitrogen and oxygen atoms in total. The topological polar surface area (TPSA) is 63.6 Å². The second-order valence-electron chi connectivity index (χ2n) is 11.7. The molecule has 0 heterocycles. The number of aliphatic hydroxyl groups excluding tert-OH is 1. The minimum Gasteiger partial charge on any atom is -0.466 e. The number of ether oxygens (including phenoxy) is 1. The van der Waals surface area contributed by atoms with Crippen molar-refractivity contribution in [1.29, 1.82) is 0 Å². The lowest BCUT2D eigenvalue weighted by Crippen LogP contribution is -2.62. The van der Waals surface area contributed by atoms with Crippen molar-refractivity contribution in [2.45, 2.75) is 92.1 Å². The van der Waals surface area contributed by atoms with Crippen LogP contribution in [0.5, 0.6) is 0 Å². The van der Waals surface area contributed by atoms with E-state index in [9.17, 15) is 14.7 Å². The van der Waals surface area contributed by atoms with Crippen LogP contribution in [0.25, 0.3) is 0 Å². The highest BCUT2D eigenvalue weighted by Crippen LogP contribution is 2.69. The second kappa shape index (κ2) is 7.90. The summed E-state index contributed by atoms with van der Waals surface area (Å²) in [4.78, 5) is 23.7. The van der Waals surface area contributed by atoms with Crippen molar-refractivity contribution in [3.05, 3.63) is 0 Å². The number of esters is 1. The highest BCUT2D eigenvalue weighted by Gasteiger charge is 2.64. The highest BCUT2D eigenvalue weighted by molar-refractivity contribution is 5.79. The zero-order valence-corrected chi connectivity index (χ0v) is 19.7. The Labute approximate surface area is 182 Å². The fraction of sp³-hybridized carbons (Fsp3) is 0.923. The Morgan fingerprint density at radius 1 is 1.13 bits per heavy atom. The minimum atomic E-state index is -0.281. The molecular formula is C26H42O4. The molecule has 0 bridgehead atoms. The van der Waals surface area contributed by atoms with E-state index in [-0.39, 0.29) is 28.8 Å². The van der Waals surface area contributed by atoms with Gasteiger partial charge in [-0.3, -0.25) is 9.59 Å². The van der Waals surface area contributed by atoms with Crippen LogP contribution >= 0.6 is 0 Å². The van der Waals surface area contributed by atoms with E-state index in [4.69, 9.17) is 4.74 Å². The number of aliphatic hydroxyl groups is 1. The number of hydrogen-bond acceptors (Lipinski definition) is 4. The van der Waals surface area contributed by atoms with E-state index in [1.54, 1.807) is 0 Å². The predicted molar refractivity (Wildman–Crippen MR) is 117 cm³/mol. The van der Waals surface area contributed by atoms with Crippen LogP contribution in [-0.2, 0) is 14.3 Å². The lowest BCUT2D eigenvalue weighted by atomic mass is 9.41. The monoisotopic (exact) mass is 418 g/mol. The second-order valence-corrected chi connectivity index (χ2v) is 11.7. The maximum absolute atomic E-state index is 12.3. The lowest BCUT2D eigenvalue weighted by Gasteiger charge is -2.64. The molecule has 4 aliphatic carbocycles. The van der Waals surface area contributed by atoms with Gasteiger partial charge in [0, 0.05) is 19.8 Å². The SMILES string of the molecule is CC[C@@H]1[C@@H](O)C2C3CC[C@H]([C@H](C)COC(C)=O)[C@@]3(C)CCC2[C@@]2(C)CCC(=O)C[C@@H]12. The smallest absolute Gasteiger partial charge is 0.302 e. The molecule has 0 aromatic rings. The van der Waals surface area contributed by atoms with Gasteiger partial charge in [-0.15, -0.1) is 0 Å². The fourth-order valence-electron chi connectivity index (χ4n) is 9.11. The van der Waals surface area contributed by atoms with Crippen molar-refractivity contribution in [2.24, 2.45) is 52.3 Å². The summed E-state index contributed by atoms with van der Waals surface area (Å²) < 4.78 is 5.38. The van der Waals surface area contributed by atoms with E-state index < -0.39 is 0 Å². The largest absolute Gasteiger partial charge is 0.466 e. The van der Waals surface area contributed by atoms with E-state index in [0.717, 1.165) is 19.3 Å². The summed E-state index contributed by atoms with van der Waals surface area (Å²) in [5.41, 5.74) is 0.412. The van der Waals surface area contributed by atoms with Gasteiger partial charge in [0.15, 0.2) is 0 Å². The van der Waals surface area contributed by atoms with Gasteiger partial charge >= 0.3 is 5.97 Å². The first-order chi connectivity index (χ1) is 14.1. The molecule has 0 aromatic carbocycles. The molecule has 0 saturated heterocycles. The van der Waals surface area contributed by atoms with Crippen molar-refractivity contribution in [3.8, 4) is 0 Å². The Hall–Kier alpha value is -0.900. The van der Waals surface area contributed by atoms with Gasteiger partial charge in [-0.2, -0.15) is 0 Å². The van der Waals surface area contributed by atoms with Crippen LogP contribution in [-0.4, -0.2) is 29.6 Å². The average Bonchev–Trinajstić information content (AvgIpc) is 3.05. The summed E-state index contributed by atoms with van der Waals surface area (Å²) in [6.45, 7) is 11.4. The van der Waals surface area contributed by atoms with Crippen molar-refractivity contribution >= 4 is 11.8 Å². The first-order valence-corrected chi connectivity index (χ1v) is 12.5. The molecule has 0 aromatic heterocycles. The molecule has 3 unspecified atom stereocenters. The maximum Gasteiger partial charge on any atom is 0.302 e. The molecule has 30 heavy (non-hydrogen) atoms. The van der Waals surface area contributed by atoms with Gasteiger partial charge in [0.1, 0.15) is 5.78 Å². The van der Waals surface area contributed by atoms with Gasteiger partial charge < -0.3 is 9.84 Å². The van der Waals surface area contributed by atoms with Crippen molar-refractivity contribution in [1.82, 2.24) is 0 Å². The van der Waals surface area contributed by atoms with Crippen LogP contribution in [0.3, 0.4) is 0 Å². The van der Waals surface area contributed by atoms with Gasteiger partial charge in [0.25, 0.3) is 0 Å². The van der Waals surface area contributed by atoms with E-state index in [1.165, 1.54) is 32.6 Å². The van der Waals surface area contributed by atoms with E-state index in [1.807, 2.05) is 0 Å². The molecule has 4 rings (SSSR count). The number of carbonyl (C=O) groups excluding carboxylic acids is 2. The maximum atomic E-state index is 12.3. The van der Waals surface area contributed by atoms with Gasteiger partial charge in [-0.25, -0.2) is 0 Å². The van der Waals surface area contributed by atoms with Gasteiger partial charge in [-0.05, 0) is 84.4 Å². The van der Waals surface area contributed by atoms with Crippen molar-refractivity contribution in [3.63, 3.8) is 0 Å². The molecule has 4 aliphatic rings. The number of fused-ring (bicyclic) bond motifs is 5. The Kier molecular flexibility index (Phi) is 5.87. The first-order valence-electron chi connectivity index (χ1n) is 12.5. The van der Waals surface area contributed by atoms with E-state index >= 15 is 0 Å².